The number of rotatable bonds is 5. The second-order valence-corrected chi connectivity index (χ2v) is 9.56. The highest BCUT2D eigenvalue weighted by Gasteiger charge is 2.50. The van der Waals surface area contributed by atoms with Crippen LogP contribution in [0.15, 0.2) is 42.5 Å². The molecule has 0 saturated carbocycles. The number of morpholine rings is 2. The molecule has 188 valence electrons. The molecule has 4 aliphatic rings. The topological polar surface area (TPSA) is 103 Å². The van der Waals surface area contributed by atoms with E-state index in [0.717, 1.165) is 43.1 Å². The highest BCUT2D eigenvalue weighted by atomic mass is 16.5. The maximum atomic E-state index is 13.5. The molecule has 4 aliphatic heterocycles. The van der Waals surface area contributed by atoms with Gasteiger partial charge in [-0.05, 0) is 35.4 Å². The molecular weight excluding hydrogens is 462 g/mol. The van der Waals surface area contributed by atoms with E-state index in [1.54, 1.807) is 4.90 Å². The third-order valence-electron chi connectivity index (χ3n) is 7.45. The standard InChI is InChI=1S/C26H29N5O5/c32-23-22-15-21(30-9-13-36-14-10-30)4-1-18(22)16-31(23)17-26(24(33)27-25(34)28-26)19-2-5-20(6-3-19)29-7-11-35-12-8-29/h1-6,15H,7-14,16-17H2,(H2,27,28,33,34)/t26-/m0/s1. The Kier molecular flexibility index (Phi) is 5.77. The Morgan fingerprint density at radius 3 is 2.03 bits per heavy atom. The monoisotopic (exact) mass is 491 g/mol. The molecule has 0 aromatic heterocycles. The zero-order valence-corrected chi connectivity index (χ0v) is 20.0. The minimum atomic E-state index is -1.36. The van der Waals surface area contributed by atoms with E-state index in [2.05, 4.69) is 20.4 Å². The third-order valence-corrected chi connectivity index (χ3v) is 7.45. The third kappa shape index (κ3) is 3.96. The van der Waals surface area contributed by atoms with Gasteiger partial charge in [0, 0.05) is 49.7 Å². The normalized spacial score (nSPS) is 24.1. The quantitative estimate of drug-likeness (QED) is 0.603. The first kappa shape index (κ1) is 22.8. The molecule has 0 unspecified atom stereocenters. The summed E-state index contributed by atoms with van der Waals surface area (Å²) in [5, 5.41) is 5.19. The summed E-state index contributed by atoms with van der Waals surface area (Å²) in [4.78, 5) is 45.0. The van der Waals surface area contributed by atoms with Gasteiger partial charge in [0.2, 0.25) is 0 Å². The number of benzene rings is 2. The van der Waals surface area contributed by atoms with Gasteiger partial charge in [-0.25, -0.2) is 4.79 Å². The summed E-state index contributed by atoms with van der Waals surface area (Å²) in [7, 11) is 0. The maximum absolute atomic E-state index is 13.5. The van der Waals surface area contributed by atoms with Crippen LogP contribution in [0.5, 0.6) is 0 Å². The smallest absolute Gasteiger partial charge is 0.322 e. The molecule has 10 nitrogen and oxygen atoms in total. The van der Waals surface area contributed by atoms with Gasteiger partial charge in [0.25, 0.3) is 11.8 Å². The number of urea groups is 1. The first-order chi connectivity index (χ1) is 17.5. The Morgan fingerprint density at radius 1 is 0.806 bits per heavy atom. The predicted molar refractivity (Wildman–Crippen MR) is 132 cm³/mol. The number of amides is 4. The molecule has 0 aliphatic carbocycles. The van der Waals surface area contributed by atoms with Gasteiger partial charge < -0.3 is 29.5 Å². The van der Waals surface area contributed by atoms with Crippen LogP contribution in [0.2, 0.25) is 0 Å². The fourth-order valence-electron chi connectivity index (χ4n) is 5.46. The number of imide groups is 1. The van der Waals surface area contributed by atoms with Gasteiger partial charge in [-0.2, -0.15) is 0 Å². The molecule has 3 fully saturated rings. The highest BCUT2D eigenvalue weighted by Crippen LogP contribution is 2.33. The van der Waals surface area contributed by atoms with Gasteiger partial charge in [-0.3, -0.25) is 14.9 Å². The number of anilines is 2. The molecule has 36 heavy (non-hydrogen) atoms. The van der Waals surface area contributed by atoms with Gasteiger partial charge in [-0.15, -0.1) is 0 Å². The first-order valence-electron chi connectivity index (χ1n) is 12.4. The van der Waals surface area contributed by atoms with Gasteiger partial charge in [0.05, 0.1) is 33.0 Å². The lowest BCUT2D eigenvalue weighted by molar-refractivity contribution is -0.124. The molecule has 3 saturated heterocycles. The van der Waals surface area contributed by atoms with Gasteiger partial charge in [0.15, 0.2) is 5.54 Å². The summed E-state index contributed by atoms with van der Waals surface area (Å²) in [5.41, 5.74) is 2.86. The van der Waals surface area contributed by atoms with Crippen LogP contribution in [-0.4, -0.2) is 81.9 Å². The zero-order valence-electron chi connectivity index (χ0n) is 20.0. The Morgan fingerprint density at radius 2 is 1.42 bits per heavy atom. The van der Waals surface area contributed by atoms with Crippen molar-refractivity contribution in [3.63, 3.8) is 0 Å². The molecule has 6 rings (SSSR count). The van der Waals surface area contributed by atoms with Crippen LogP contribution in [0.4, 0.5) is 16.2 Å². The van der Waals surface area contributed by atoms with Crippen LogP contribution in [-0.2, 0) is 26.4 Å². The van der Waals surface area contributed by atoms with E-state index in [1.807, 2.05) is 42.5 Å². The molecule has 4 amide bonds. The van der Waals surface area contributed by atoms with Crippen molar-refractivity contribution < 1.29 is 23.9 Å². The lowest BCUT2D eigenvalue weighted by Gasteiger charge is -2.32. The number of ether oxygens (including phenoxy) is 2. The maximum Gasteiger partial charge on any atom is 0.322 e. The summed E-state index contributed by atoms with van der Waals surface area (Å²) in [6, 6.07) is 13.0. The predicted octanol–water partition coefficient (Wildman–Crippen LogP) is 1.05. The average Bonchev–Trinajstić information content (AvgIpc) is 3.39. The van der Waals surface area contributed by atoms with Crippen molar-refractivity contribution in [1.82, 2.24) is 15.5 Å². The van der Waals surface area contributed by atoms with Gasteiger partial charge in [-0.1, -0.05) is 18.2 Å². The summed E-state index contributed by atoms with van der Waals surface area (Å²) in [6.07, 6.45) is 0. The van der Waals surface area contributed by atoms with E-state index in [0.29, 0.717) is 44.1 Å². The number of fused-ring (bicyclic) bond motifs is 1. The van der Waals surface area contributed by atoms with Crippen molar-refractivity contribution in [2.24, 2.45) is 0 Å². The average molecular weight is 492 g/mol. The van der Waals surface area contributed by atoms with E-state index in [4.69, 9.17) is 9.47 Å². The number of nitrogens with zero attached hydrogens (tertiary/aromatic N) is 3. The van der Waals surface area contributed by atoms with Crippen LogP contribution < -0.4 is 20.4 Å². The Balaban J connectivity index is 1.26. The molecule has 2 aromatic rings. The van der Waals surface area contributed by atoms with Gasteiger partial charge in [0.1, 0.15) is 0 Å². The second-order valence-electron chi connectivity index (χ2n) is 9.56. The summed E-state index contributed by atoms with van der Waals surface area (Å²) in [6.45, 7) is 6.28. The molecule has 4 heterocycles. The van der Waals surface area contributed by atoms with Crippen molar-refractivity contribution in [2.75, 3.05) is 69.0 Å². The molecule has 0 bridgehead atoms. The lowest BCUT2D eigenvalue weighted by atomic mass is 9.89. The Bertz CT molecular complexity index is 1190. The number of carbonyl (C=O) groups is 3. The minimum absolute atomic E-state index is 0.0435. The van der Waals surface area contributed by atoms with Gasteiger partial charge >= 0.3 is 6.03 Å². The Labute approximate surface area is 209 Å². The van der Waals surface area contributed by atoms with Crippen molar-refractivity contribution in [3.05, 3.63) is 59.2 Å². The molecule has 1 atom stereocenters. The number of hydrogen-bond donors (Lipinski definition) is 2. The number of nitrogens with one attached hydrogen (secondary N) is 2. The van der Waals surface area contributed by atoms with Crippen LogP contribution in [0.1, 0.15) is 21.5 Å². The molecule has 2 aromatic carbocycles. The van der Waals surface area contributed by atoms with Crippen molar-refractivity contribution >= 4 is 29.2 Å². The molecular formula is C26H29N5O5. The summed E-state index contributed by atoms with van der Waals surface area (Å²) >= 11 is 0. The highest BCUT2D eigenvalue weighted by molar-refractivity contribution is 6.08. The largest absolute Gasteiger partial charge is 0.378 e. The summed E-state index contributed by atoms with van der Waals surface area (Å²) < 4.78 is 10.9. The van der Waals surface area contributed by atoms with E-state index in [9.17, 15) is 14.4 Å². The fourth-order valence-corrected chi connectivity index (χ4v) is 5.46. The lowest BCUT2D eigenvalue weighted by Crippen LogP contribution is -2.52. The SMILES string of the molecule is O=C1NC(=O)[C@](CN2Cc3ccc(N4CCOCC4)cc3C2=O)(c2ccc(N3CCOCC3)cc2)N1. The first-order valence-corrected chi connectivity index (χ1v) is 12.4. The van der Waals surface area contributed by atoms with E-state index >= 15 is 0 Å². The number of carbonyl (C=O) groups excluding carboxylic acids is 3. The fraction of sp³-hybridized carbons (Fsp3) is 0.423. The van der Waals surface area contributed by atoms with Crippen LogP contribution in [0.25, 0.3) is 0 Å². The van der Waals surface area contributed by atoms with E-state index in [-0.39, 0.29) is 12.5 Å². The van der Waals surface area contributed by atoms with E-state index < -0.39 is 17.5 Å². The Hall–Kier alpha value is -3.63. The summed E-state index contributed by atoms with van der Waals surface area (Å²) in [5.74, 6) is -0.595. The molecule has 2 N–H and O–H groups in total. The number of hydrogen-bond acceptors (Lipinski definition) is 7. The zero-order chi connectivity index (χ0) is 24.7. The van der Waals surface area contributed by atoms with Crippen LogP contribution in [0, 0.1) is 0 Å². The van der Waals surface area contributed by atoms with Crippen molar-refractivity contribution in [3.8, 4) is 0 Å². The second kappa shape index (κ2) is 9.11. The van der Waals surface area contributed by atoms with Crippen LogP contribution in [0.3, 0.4) is 0 Å². The molecule has 0 spiro atoms. The van der Waals surface area contributed by atoms with E-state index in [1.165, 1.54) is 0 Å². The minimum Gasteiger partial charge on any atom is -0.378 e. The molecule has 0 radical (unpaired) electrons. The van der Waals surface area contributed by atoms with Crippen molar-refractivity contribution in [2.45, 2.75) is 12.1 Å². The molecule has 10 heteroatoms. The van der Waals surface area contributed by atoms with Crippen molar-refractivity contribution in [1.29, 1.82) is 0 Å². The van der Waals surface area contributed by atoms with Crippen LogP contribution >= 0.6 is 0 Å².